The Morgan fingerprint density at radius 3 is 3.00 bits per heavy atom. The van der Waals surface area contributed by atoms with Crippen molar-refractivity contribution in [2.75, 3.05) is 19.6 Å². The van der Waals surface area contributed by atoms with E-state index in [-0.39, 0.29) is 30.7 Å². The molecule has 1 aliphatic heterocycles. The number of hydrogen-bond acceptors (Lipinski definition) is 4. The van der Waals surface area contributed by atoms with Gasteiger partial charge in [-0.15, -0.1) is 24.8 Å². The van der Waals surface area contributed by atoms with Crippen LogP contribution in [0.3, 0.4) is 0 Å². The third-order valence-corrected chi connectivity index (χ3v) is 3.74. The molecular formula is C15H21Cl2N3O2. The van der Waals surface area contributed by atoms with Gasteiger partial charge in [0.1, 0.15) is 5.52 Å². The monoisotopic (exact) mass is 345 g/mol. The first-order valence-corrected chi connectivity index (χ1v) is 7.08. The first-order chi connectivity index (χ1) is 9.72. The Morgan fingerprint density at radius 2 is 2.27 bits per heavy atom. The van der Waals surface area contributed by atoms with E-state index in [1.54, 1.807) is 6.07 Å². The molecule has 5 nitrogen and oxygen atoms in total. The van der Waals surface area contributed by atoms with Gasteiger partial charge >= 0.3 is 0 Å². The predicted octanol–water partition coefficient (Wildman–Crippen LogP) is 2.71. The molecule has 0 aromatic carbocycles. The molecule has 3 heterocycles. The largest absolute Gasteiger partial charge is 0.449 e. The molecule has 1 unspecified atom stereocenters. The van der Waals surface area contributed by atoms with E-state index in [0.29, 0.717) is 23.8 Å². The maximum absolute atomic E-state index is 12.0. The summed E-state index contributed by atoms with van der Waals surface area (Å²) in [5, 5.41) is 6.24. The molecule has 0 radical (unpaired) electrons. The molecule has 1 fully saturated rings. The van der Waals surface area contributed by atoms with Crippen molar-refractivity contribution in [2.24, 2.45) is 5.92 Å². The van der Waals surface area contributed by atoms with Crippen molar-refractivity contribution >= 4 is 41.8 Å². The quantitative estimate of drug-likeness (QED) is 0.893. The Kier molecular flexibility index (Phi) is 7.13. The second-order valence-corrected chi connectivity index (χ2v) is 5.35. The van der Waals surface area contributed by atoms with Crippen LogP contribution < -0.4 is 10.6 Å². The van der Waals surface area contributed by atoms with Crippen LogP contribution in [0.4, 0.5) is 0 Å². The van der Waals surface area contributed by atoms with Crippen molar-refractivity contribution in [2.45, 2.75) is 19.8 Å². The molecular weight excluding hydrogens is 325 g/mol. The lowest BCUT2D eigenvalue weighted by Gasteiger charge is -2.08. The van der Waals surface area contributed by atoms with Gasteiger partial charge in [-0.05, 0) is 50.9 Å². The molecule has 3 rings (SSSR count). The summed E-state index contributed by atoms with van der Waals surface area (Å²) in [5.41, 5.74) is 2.30. The van der Waals surface area contributed by atoms with E-state index in [4.69, 9.17) is 4.42 Å². The number of hydrogen-bond donors (Lipinski definition) is 2. The number of halogens is 2. The molecule has 1 aliphatic rings. The first-order valence-electron chi connectivity index (χ1n) is 7.08. The third kappa shape index (κ3) is 4.35. The highest BCUT2D eigenvalue weighted by Gasteiger charge is 2.16. The molecule has 1 atom stereocenters. The average molecular weight is 346 g/mol. The molecule has 2 aromatic heterocycles. The Bertz CT molecular complexity index is 624. The summed E-state index contributed by atoms with van der Waals surface area (Å²) in [6, 6.07) is 5.42. The van der Waals surface area contributed by atoms with Gasteiger partial charge in [0.05, 0.1) is 0 Å². The van der Waals surface area contributed by atoms with Crippen LogP contribution in [0, 0.1) is 12.8 Å². The molecule has 0 aliphatic carbocycles. The van der Waals surface area contributed by atoms with E-state index < -0.39 is 0 Å². The SMILES string of the molecule is Cc1ccc2oc(C(=O)NCCC3CCNC3)cc2n1.Cl.Cl. The first kappa shape index (κ1) is 18.7. The van der Waals surface area contributed by atoms with Crippen LogP contribution >= 0.6 is 24.8 Å². The zero-order valence-electron chi connectivity index (χ0n) is 12.4. The normalized spacial score (nSPS) is 16.9. The summed E-state index contributed by atoms with van der Waals surface area (Å²) >= 11 is 0. The summed E-state index contributed by atoms with van der Waals surface area (Å²) in [6.45, 7) is 4.76. The van der Waals surface area contributed by atoms with Gasteiger partial charge in [-0.1, -0.05) is 0 Å². The number of nitrogens with zero attached hydrogens (tertiary/aromatic N) is 1. The second kappa shape index (κ2) is 8.36. The van der Waals surface area contributed by atoms with Gasteiger partial charge in [0.25, 0.3) is 5.91 Å². The lowest BCUT2D eigenvalue weighted by atomic mass is 10.1. The van der Waals surface area contributed by atoms with E-state index in [2.05, 4.69) is 15.6 Å². The number of carbonyl (C=O) groups excluding carboxylic acids is 1. The standard InChI is InChI=1S/C15H19N3O2.2ClH/c1-10-2-3-13-12(18-10)8-14(20-13)15(19)17-7-5-11-4-6-16-9-11;;/h2-3,8,11,16H,4-7,9H2,1H3,(H,17,19);2*1H. The fraction of sp³-hybridized carbons (Fsp3) is 0.467. The lowest BCUT2D eigenvalue weighted by molar-refractivity contribution is 0.0926. The maximum atomic E-state index is 12.0. The summed E-state index contributed by atoms with van der Waals surface area (Å²) in [7, 11) is 0. The Hall–Kier alpha value is -1.30. The highest BCUT2D eigenvalue weighted by atomic mass is 35.5. The van der Waals surface area contributed by atoms with Gasteiger partial charge in [-0.2, -0.15) is 0 Å². The molecule has 122 valence electrons. The van der Waals surface area contributed by atoms with Crippen LogP contribution in [-0.4, -0.2) is 30.5 Å². The number of aromatic nitrogens is 1. The van der Waals surface area contributed by atoms with Gasteiger partial charge in [-0.3, -0.25) is 4.79 Å². The molecule has 0 spiro atoms. The molecule has 7 heteroatoms. The van der Waals surface area contributed by atoms with Crippen molar-refractivity contribution in [3.8, 4) is 0 Å². The smallest absolute Gasteiger partial charge is 0.287 e. The maximum Gasteiger partial charge on any atom is 0.287 e. The van der Waals surface area contributed by atoms with Crippen LogP contribution in [0.2, 0.25) is 0 Å². The van der Waals surface area contributed by atoms with Crippen molar-refractivity contribution in [3.63, 3.8) is 0 Å². The van der Waals surface area contributed by atoms with Crippen LogP contribution in [-0.2, 0) is 0 Å². The number of carbonyl (C=O) groups is 1. The van der Waals surface area contributed by atoms with E-state index in [9.17, 15) is 4.79 Å². The minimum atomic E-state index is -0.161. The van der Waals surface area contributed by atoms with Crippen molar-refractivity contribution in [1.29, 1.82) is 0 Å². The zero-order chi connectivity index (χ0) is 13.9. The molecule has 1 amide bonds. The highest BCUT2D eigenvalue weighted by molar-refractivity contribution is 5.95. The zero-order valence-corrected chi connectivity index (χ0v) is 14.1. The minimum Gasteiger partial charge on any atom is -0.449 e. The van der Waals surface area contributed by atoms with Gasteiger partial charge < -0.3 is 15.1 Å². The molecule has 22 heavy (non-hydrogen) atoms. The number of fused-ring (bicyclic) bond motifs is 1. The number of nitrogens with one attached hydrogen (secondary N) is 2. The molecule has 0 bridgehead atoms. The molecule has 0 saturated carbocycles. The highest BCUT2D eigenvalue weighted by Crippen LogP contribution is 2.18. The number of furan rings is 1. The second-order valence-electron chi connectivity index (χ2n) is 5.35. The van der Waals surface area contributed by atoms with Gasteiger partial charge in [0.2, 0.25) is 0 Å². The molecule has 1 saturated heterocycles. The molecule has 2 aromatic rings. The number of rotatable bonds is 4. The van der Waals surface area contributed by atoms with Crippen molar-refractivity contribution in [3.05, 3.63) is 29.7 Å². The molecule has 2 N–H and O–H groups in total. The van der Waals surface area contributed by atoms with Gasteiger partial charge in [0, 0.05) is 18.3 Å². The third-order valence-electron chi connectivity index (χ3n) is 3.74. The van der Waals surface area contributed by atoms with Gasteiger partial charge in [-0.25, -0.2) is 4.98 Å². The number of aryl methyl sites for hydroxylation is 1. The number of pyridine rings is 1. The lowest BCUT2D eigenvalue weighted by Crippen LogP contribution is -2.26. The number of amides is 1. The Labute approximate surface area is 142 Å². The van der Waals surface area contributed by atoms with E-state index in [1.165, 1.54) is 6.42 Å². The van der Waals surface area contributed by atoms with Crippen LogP contribution in [0.1, 0.15) is 29.1 Å². The van der Waals surface area contributed by atoms with E-state index >= 15 is 0 Å². The fourth-order valence-corrected chi connectivity index (χ4v) is 2.58. The summed E-state index contributed by atoms with van der Waals surface area (Å²) in [4.78, 5) is 16.4. The van der Waals surface area contributed by atoms with Crippen LogP contribution in [0.5, 0.6) is 0 Å². The fourth-order valence-electron chi connectivity index (χ4n) is 2.58. The summed E-state index contributed by atoms with van der Waals surface area (Å²) in [5.74, 6) is 0.851. The van der Waals surface area contributed by atoms with Crippen molar-refractivity contribution < 1.29 is 9.21 Å². The van der Waals surface area contributed by atoms with E-state index in [1.807, 2.05) is 19.1 Å². The topological polar surface area (TPSA) is 67.2 Å². The predicted molar refractivity (Wildman–Crippen MR) is 91.2 cm³/mol. The summed E-state index contributed by atoms with van der Waals surface area (Å²) < 4.78 is 5.52. The van der Waals surface area contributed by atoms with Crippen molar-refractivity contribution in [1.82, 2.24) is 15.6 Å². The Morgan fingerprint density at radius 1 is 1.45 bits per heavy atom. The minimum absolute atomic E-state index is 0. The summed E-state index contributed by atoms with van der Waals surface area (Å²) in [6.07, 6.45) is 2.21. The average Bonchev–Trinajstić information content (AvgIpc) is 3.06. The van der Waals surface area contributed by atoms with E-state index in [0.717, 1.165) is 30.7 Å². The van der Waals surface area contributed by atoms with Crippen LogP contribution in [0.15, 0.2) is 22.6 Å². The van der Waals surface area contributed by atoms with Crippen LogP contribution in [0.25, 0.3) is 11.1 Å². The Balaban J connectivity index is 0.00000121. The van der Waals surface area contributed by atoms with Gasteiger partial charge in [0.15, 0.2) is 11.3 Å².